The Hall–Kier alpha value is -2.31. The van der Waals surface area contributed by atoms with E-state index in [4.69, 9.17) is 10.5 Å². The van der Waals surface area contributed by atoms with Crippen LogP contribution in [0.5, 0.6) is 5.88 Å². The highest BCUT2D eigenvalue weighted by Crippen LogP contribution is 2.23. The van der Waals surface area contributed by atoms with Crippen molar-refractivity contribution in [3.63, 3.8) is 0 Å². The summed E-state index contributed by atoms with van der Waals surface area (Å²) in [7, 11) is 1.90. The number of nitrogen functional groups attached to an aromatic ring is 1. The molecule has 2 aromatic heterocycles. The summed E-state index contributed by atoms with van der Waals surface area (Å²) < 4.78 is 7.49. The Kier molecular flexibility index (Phi) is 4.62. The van der Waals surface area contributed by atoms with Gasteiger partial charge in [-0.3, -0.25) is 0 Å². The second-order valence-electron chi connectivity index (χ2n) is 5.46. The standard InChI is InChI=1S/C14H22N6O/c1-9(2)7-21-14-11(15)5-6-12(18-14)17-10(3)13-19-16-8-20(13)4/h5-6,8-10H,7,15H2,1-4H3,(H,17,18). The normalized spacial score (nSPS) is 12.4. The number of aryl methyl sites for hydroxylation is 1. The molecule has 21 heavy (non-hydrogen) atoms. The van der Waals surface area contributed by atoms with E-state index in [0.717, 1.165) is 5.82 Å². The Morgan fingerprint density at radius 3 is 2.71 bits per heavy atom. The lowest BCUT2D eigenvalue weighted by atomic mass is 10.2. The van der Waals surface area contributed by atoms with E-state index in [0.29, 0.717) is 29.9 Å². The van der Waals surface area contributed by atoms with Crippen LogP contribution < -0.4 is 15.8 Å². The van der Waals surface area contributed by atoms with E-state index < -0.39 is 0 Å². The lowest BCUT2D eigenvalue weighted by Crippen LogP contribution is -2.14. The largest absolute Gasteiger partial charge is 0.476 e. The first kappa shape index (κ1) is 15.1. The zero-order chi connectivity index (χ0) is 15.4. The van der Waals surface area contributed by atoms with Gasteiger partial charge in [0.1, 0.15) is 12.1 Å². The number of anilines is 2. The van der Waals surface area contributed by atoms with E-state index in [-0.39, 0.29) is 6.04 Å². The van der Waals surface area contributed by atoms with Crippen LogP contribution in [-0.2, 0) is 7.05 Å². The van der Waals surface area contributed by atoms with Crippen molar-refractivity contribution in [2.24, 2.45) is 13.0 Å². The Balaban J connectivity index is 2.10. The molecule has 7 heteroatoms. The van der Waals surface area contributed by atoms with Crippen molar-refractivity contribution < 1.29 is 4.74 Å². The van der Waals surface area contributed by atoms with Crippen LogP contribution in [0.4, 0.5) is 11.5 Å². The van der Waals surface area contributed by atoms with Crippen molar-refractivity contribution in [3.8, 4) is 5.88 Å². The van der Waals surface area contributed by atoms with Crippen molar-refractivity contribution in [3.05, 3.63) is 24.3 Å². The average molecular weight is 290 g/mol. The fraction of sp³-hybridized carbons (Fsp3) is 0.500. The lowest BCUT2D eigenvalue weighted by Gasteiger charge is -2.15. The minimum Gasteiger partial charge on any atom is -0.476 e. The molecule has 1 unspecified atom stereocenters. The van der Waals surface area contributed by atoms with Crippen molar-refractivity contribution >= 4 is 11.5 Å². The highest BCUT2D eigenvalue weighted by molar-refractivity contribution is 5.54. The van der Waals surface area contributed by atoms with Crippen molar-refractivity contribution in [2.75, 3.05) is 17.7 Å². The summed E-state index contributed by atoms with van der Waals surface area (Å²) in [6.07, 6.45) is 1.67. The summed E-state index contributed by atoms with van der Waals surface area (Å²) in [5.74, 6) is 2.40. The maximum Gasteiger partial charge on any atom is 0.239 e. The van der Waals surface area contributed by atoms with Crippen molar-refractivity contribution in [2.45, 2.75) is 26.8 Å². The third-order valence-electron chi connectivity index (χ3n) is 2.94. The van der Waals surface area contributed by atoms with E-state index in [2.05, 4.69) is 34.3 Å². The van der Waals surface area contributed by atoms with Gasteiger partial charge in [0.05, 0.1) is 18.3 Å². The first-order valence-corrected chi connectivity index (χ1v) is 6.97. The molecule has 0 aromatic carbocycles. The number of hydrogen-bond acceptors (Lipinski definition) is 6. The molecule has 114 valence electrons. The van der Waals surface area contributed by atoms with E-state index >= 15 is 0 Å². The van der Waals surface area contributed by atoms with Gasteiger partial charge in [-0.2, -0.15) is 4.98 Å². The van der Waals surface area contributed by atoms with Crippen LogP contribution >= 0.6 is 0 Å². The number of nitrogens with two attached hydrogens (primary N) is 1. The van der Waals surface area contributed by atoms with Crippen LogP contribution in [0, 0.1) is 5.92 Å². The maximum atomic E-state index is 5.88. The zero-order valence-electron chi connectivity index (χ0n) is 12.9. The Morgan fingerprint density at radius 2 is 2.10 bits per heavy atom. The summed E-state index contributed by atoms with van der Waals surface area (Å²) in [6.45, 7) is 6.74. The molecule has 2 aromatic rings. The molecule has 0 saturated heterocycles. The molecular formula is C14H22N6O. The first-order valence-electron chi connectivity index (χ1n) is 6.97. The predicted octanol–water partition coefficient (Wildman–Crippen LogP) is 2.00. The van der Waals surface area contributed by atoms with Gasteiger partial charge in [0.15, 0.2) is 5.82 Å². The molecule has 0 saturated carbocycles. The molecule has 0 amide bonds. The van der Waals surface area contributed by atoms with E-state index in [1.807, 2.05) is 24.6 Å². The molecule has 0 radical (unpaired) electrons. The minimum absolute atomic E-state index is 0.0217. The Morgan fingerprint density at radius 1 is 1.33 bits per heavy atom. The van der Waals surface area contributed by atoms with Crippen LogP contribution in [-0.4, -0.2) is 26.4 Å². The maximum absolute atomic E-state index is 5.88. The fourth-order valence-electron chi connectivity index (χ4n) is 1.86. The Bertz CT molecular complexity index is 595. The number of rotatable bonds is 6. The average Bonchev–Trinajstić information content (AvgIpc) is 2.85. The smallest absolute Gasteiger partial charge is 0.239 e. The van der Waals surface area contributed by atoms with Crippen LogP contribution in [0.2, 0.25) is 0 Å². The first-order chi connectivity index (χ1) is 9.97. The van der Waals surface area contributed by atoms with E-state index in [1.54, 1.807) is 12.4 Å². The van der Waals surface area contributed by atoms with Gasteiger partial charge in [-0.25, -0.2) is 0 Å². The van der Waals surface area contributed by atoms with Crippen LogP contribution in [0.1, 0.15) is 32.6 Å². The predicted molar refractivity (Wildman–Crippen MR) is 82.0 cm³/mol. The van der Waals surface area contributed by atoms with Gasteiger partial charge < -0.3 is 20.4 Å². The molecule has 0 aliphatic carbocycles. The van der Waals surface area contributed by atoms with Crippen molar-refractivity contribution in [1.82, 2.24) is 19.7 Å². The Labute approximate surface area is 124 Å². The van der Waals surface area contributed by atoms with Gasteiger partial charge in [-0.15, -0.1) is 10.2 Å². The van der Waals surface area contributed by atoms with Gasteiger partial charge in [-0.1, -0.05) is 13.8 Å². The van der Waals surface area contributed by atoms with Gasteiger partial charge in [0.25, 0.3) is 0 Å². The lowest BCUT2D eigenvalue weighted by molar-refractivity contribution is 0.263. The number of nitrogens with one attached hydrogen (secondary N) is 1. The van der Waals surface area contributed by atoms with Gasteiger partial charge >= 0.3 is 0 Å². The van der Waals surface area contributed by atoms with Crippen molar-refractivity contribution in [1.29, 1.82) is 0 Å². The molecule has 2 heterocycles. The SMILES string of the molecule is CC(C)COc1nc(NC(C)c2nncn2C)ccc1N. The summed E-state index contributed by atoms with van der Waals surface area (Å²) >= 11 is 0. The summed E-state index contributed by atoms with van der Waals surface area (Å²) in [6, 6.07) is 3.59. The molecule has 1 atom stereocenters. The van der Waals surface area contributed by atoms with Crippen LogP contribution in [0.15, 0.2) is 18.5 Å². The topological polar surface area (TPSA) is 90.9 Å². The monoisotopic (exact) mass is 290 g/mol. The molecule has 2 rings (SSSR count). The highest BCUT2D eigenvalue weighted by atomic mass is 16.5. The third-order valence-corrected chi connectivity index (χ3v) is 2.94. The van der Waals surface area contributed by atoms with Crippen LogP contribution in [0.25, 0.3) is 0 Å². The molecule has 0 spiro atoms. The summed E-state index contributed by atoms with van der Waals surface area (Å²) in [5, 5.41) is 11.2. The van der Waals surface area contributed by atoms with E-state index in [1.165, 1.54) is 0 Å². The molecule has 0 aliphatic heterocycles. The second-order valence-corrected chi connectivity index (χ2v) is 5.46. The molecule has 0 bridgehead atoms. The second kappa shape index (κ2) is 6.43. The van der Waals surface area contributed by atoms with E-state index in [9.17, 15) is 0 Å². The summed E-state index contributed by atoms with van der Waals surface area (Å²) in [5.41, 5.74) is 6.42. The number of ether oxygens (including phenoxy) is 1. The number of hydrogen-bond donors (Lipinski definition) is 2. The molecule has 0 aliphatic rings. The molecule has 7 nitrogen and oxygen atoms in total. The summed E-state index contributed by atoms with van der Waals surface area (Å²) in [4.78, 5) is 4.41. The van der Waals surface area contributed by atoms with Crippen LogP contribution in [0.3, 0.4) is 0 Å². The van der Waals surface area contributed by atoms with Gasteiger partial charge in [0, 0.05) is 7.05 Å². The molecule has 0 fully saturated rings. The highest BCUT2D eigenvalue weighted by Gasteiger charge is 2.13. The number of aromatic nitrogens is 4. The van der Waals surface area contributed by atoms with Gasteiger partial charge in [0.2, 0.25) is 5.88 Å². The fourth-order valence-corrected chi connectivity index (χ4v) is 1.86. The van der Waals surface area contributed by atoms with Gasteiger partial charge in [-0.05, 0) is 25.0 Å². The molecular weight excluding hydrogens is 268 g/mol. The number of nitrogens with zero attached hydrogens (tertiary/aromatic N) is 4. The number of pyridine rings is 1. The zero-order valence-corrected chi connectivity index (χ0v) is 12.9. The quantitative estimate of drug-likeness (QED) is 0.845. The molecule has 3 N–H and O–H groups in total. The third kappa shape index (κ3) is 3.84. The minimum atomic E-state index is -0.0217.